The summed E-state index contributed by atoms with van der Waals surface area (Å²) in [6, 6.07) is 7.91. The monoisotopic (exact) mass is 484 g/mol. The third kappa shape index (κ3) is 6.38. The molecule has 0 heterocycles. The van der Waals surface area contributed by atoms with E-state index >= 15 is 0 Å². The first-order chi connectivity index (χ1) is 13.3. The third-order valence-corrected chi connectivity index (χ3v) is 4.85. The number of carboxylic acids is 1. The fraction of sp³-hybridized carbons (Fsp3) is 0.316. The van der Waals surface area contributed by atoms with Crippen molar-refractivity contribution >= 4 is 21.9 Å². The Labute approximate surface area is 170 Å². The van der Waals surface area contributed by atoms with Gasteiger partial charge >= 0.3 is 18.5 Å². The molecule has 3 nitrogen and oxygen atoms in total. The van der Waals surface area contributed by atoms with Gasteiger partial charge in [-0.3, -0.25) is 0 Å². The minimum absolute atomic E-state index is 0.0363. The summed E-state index contributed by atoms with van der Waals surface area (Å²) in [7, 11) is 0. The molecule has 0 aliphatic carbocycles. The summed E-state index contributed by atoms with van der Waals surface area (Å²) in [6.45, 7) is 1.33. The first-order valence-corrected chi connectivity index (χ1v) is 9.01. The second-order valence-corrected chi connectivity index (χ2v) is 7.29. The van der Waals surface area contributed by atoms with Crippen LogP contribution in [0.5, 0.6) is 5.75 Å². The average Bonchev–Trinajstić information content (AvgIpc) is 2.51. The Morgan fingerprint density at radius 2 is 1.76 bits per heavy atom. The highest BCUT2D eigenvalue weighted by Crippen LogP contribution is 2.43. The average molecular weight is 485 g/mol. The van der Waals surface area contributed by atoms with Gasteiger partial charge in [0.25, 0.3) is 0 Å². The molecule has 158 valence electrons. The van der Waals surface area contributed by atoms with Gasteiger partial charge in [-0.1, -0.05) is 25.1 Å². The smallest absolute Gasteiger partial charge is 0.478 e. The van der Waals surface area contributed by atoms with Crippen LogP contribution in [-0.4, -0.2) is 23.6 Å². The molecule has 0 radical (unpaired) electrons. The van der Waals surface area contributed by atoms with Crippen molar-refractivity contribution in [3.05, 3.63) is 63.6 Å². The van der Waals surface area contributed by atoms with Crippen molar-refractivity contribution in [2.75, 3.05) is 0 Å². The lowest BCUT2D eigenvalue weighted by Gasteiger charge is -2.27. The number of alkyl halides is 6. The highest BCUT2D eigenvalue weighted by atomic mass is 79.9. The zero-order valence-corrected chi connectivity index (χ0v) is 16.4. The van der Waals surface area contributed by atoms with E-state index in [9.17, 15) is 31.1 Å². The van der Waals surface area contributed by atoms with Crippen molar-refractivity contribution in [3.8, 4) is 5.75 Å². The molecule has 0 amide bonds. The highest BCUT2D eigenvalue weighted by Gasteiger charge is 2.44. The fourth-order valence-corrected chi connectivity index (χ4v) is 3.69. The van der Waals surface area contributed by atoms with Crippen LogP contribution in [0, 0.1) is 5.92 Å². The molecule has 2 atom stereocenters. The number of carbonyl (C=O) groups is 1. The number of benzene rings is 2. The van der Waals surface area contributed by atoms with Gasteiger partial charge in [0.15, 0.2) is 0 Å². The van der Waals surface area contributed by atoms with Crippen LogP contribution in [0.15, 0.2) is 46.9 Å². The van der Waals surface area contributed by atoms with Crippen LogP contribution in [-0.2, 0) is 6.42 Å². The highest BCUT2D eigenvalue weighted by molar-refractivity contribution is 9.10. The van der Waals surface area contributed by atoms with E-state index in [-0.39, 0.29) is 22.0 Å². The van der Waals surface area contributed by atoms with Crippen molar-refractivity contribution in [3.63, 3.8) is 0 Å². The topological polar surface area (TPSA) is 46.5 Å². The standard InChI is InChI=1S/C19H15BrF6O3/c1-10(7-11-5-6-14(17(27)28)15(20)8-11)16(18(21,22)23)12-3-2-4-13(9-12)29-19(24,25)26/h2-6,8-10,16H,7H2,1H3,(H,27,28). The minimum Gasteiger partial charge on any atom is -0.478 e. The number of hydrogen-bond acceptors (Lipinski definition) is 2. The maximum absolute atomic E-state index is 13.7. The second-order valence-electron chi connectivity index (χ2n) is 6.44. The Kier molecular flexibility index (Phi) is 6.87. The van der Waals surface area contributed by atoms with Gasteiger partial charge in [-0.2, -0.15) is 13.2 Å². The Bertz CT molecular complexity index is 879. The van der Waals surface area contributed by atoms with Crippen LogP contribution in [0.1, 0.15) is 34.3 Å². The quantitative estimate of drug-likeness (QED) is 0.471. The summed E-state index contributed by atoms with van der Waals surface area (Å²) in [6.07, 6.45) is -9.81. The van der Waals surface area contributed by atoms with Crippen molar-refractivity contribution in [2.45, 2.75) is 31.8 Å². The zero-order valence-electron chi connectivity index (χ0n) is 14.8. The molecule has 29 heavy (non-hydrogen) atoms. The minimum atomic E-state index is -5.02. The van der Waals surface area contributed by atoms with Gasteiger partial charge in [0.1, 0.15) is 5.75 Å². The van der Waals surface area contributed by atoms with Crippen molar-refractivity contribution in [1.29, 1.82) is 0 Å². The van der Waals surface area contributed by atoms with Crippen LogP contribution < -0.4 is 4.74 Å². The number of aromatic carboxylic acids is 1. The largest absolute Gasteiger partial charge is 0.573 e. The second kappa shape index (κ2) is 8.64. The van der Waals surface area contributed by atoms with Crippen molar-refractivity contribution in [1.82, 2.24) is 0 Å². The zero-order chi connectivity index (χ0) is 22.0. The first-order valence-electron chi connectivity index (χ1n) is 8.22. The molecule has 1 N–H and O–H groups in total. The number of carboxylic acid groups (broad SMARTS) is 1. The van der Waals surface area contributed by atoms with Gasteiger partial charge in [0, 0.05) is 4.47 Å². The molecule has 10 heteroatoms. The van der Waals surface area contributed by atoms with E-state index in [0.29, 0.717) is 5.56 Å². The van der Waals surface area contributed by atoms with E-state index in [1.807, 2.05) is 0 Å². The molecule has 0 spiro atoms. The SMILES string of the molecule is CC(Cc1ccc(C(=O)O)c(Br)c1)C(c1cccc(OC(F)(F)F)c1)C(F)(F)F. The lowest BCUT2D eigenvalue weighted by molar-refractivity contribution is -0.274. The van der Waals surface area contributed by atoms with Crippen LogP contribution >= 0.6 is 15.9 Å². The van der Waals surface area contributed by atoms with Gasteiger partial charge in [-0.05, 0) is 63.7 Å². The Morgan fingerprint density at radius 3 is 2.28 bits per heavy atom. The number of rotatable bonds is 6. The number of halogens is 7. The van der Waals surface area contributed by atoms with E-state index in [0.717, 1.165) is 24.3 Å². The van der Waals surface area contributed by atoms with E-state index in [2.05, 4.69) is 20.7 Å². The summed E-state index contributed by atoms with van der Waals surface area (Å²) in [5, 5.41) is 9.02. The summed E-state index contributed by atoms with van der Waals surface area (Å²) >= 11 is 3.07. The van der Waals surface area contributed by atoms with Gasteiger partial charge in [-0.15, -0.1) is 13.2 Å². The van der Waals surface area contributed by atoms with Gasteiger partial charge in [-0.25, -0.2) is 4.79 Å². The molecule has 0 aromatic heterocycles. The van der Waals surface area contributed by atoms with E-state index in [1.54, 1.807) is 0 Å². The van der Waals surface area contributed by atoms with Crippen molar-refractivity contribution < 1.29 is 41.0 Å². The Morgan fingerprint density at radius 1 is 1.10 bits per heavy atom. The Hall–Kier alpha value is -2.23. The number of hydrogen-bond donors (Lipinski definition) is 1. The van der Waals surface area contributed by atoms with E-state index < -0.39 is 36.1 Å². The normalized spacial score (nSPS) is 14.3. The maximum atomic E-state index is 13.7. The van der Waals surface area contributed by atoms with E-state index in [4.69, 9.17) is 5.11 Å². The van der Waals surface area contributed by atoms with Gasteiger partial charge in [0.05, 0.1) is 11.5 Å². The maximum Gasteiger partial charge on any atom is 0.573 e. The summed E-state index contributed by atoms with van der Waals surface area (Å²) in [4.78, 5) is 11.0. The molecule has 0 aliphatic heterocycles. The van der Waals surface area contributed by atoms with Crippen LogP contribution in [0.25, 0.3) is 0 Å². The van der Waals surface area contributed by atoms with Crippen LogP contribution in [0.2, 0.25) is 0 Å². The summed E-state index contributed by atoms with van der Waals surface area (Å²) < 4.78 is 82.3. The van der Waals surface area contributed by atoms with Crippen molar-refractivity contribution in [2.24, 2.45) is 5.92 Å². The first kappa shape index (κ1) is 23.1. The predicted molar refractivity (Wildman–Crippen MR) is 95.9 cm³/mol. The third-order valence-electron chi connectivity index (χ3n) is 4.19. The van der Waals surface area contributed by atoms with Gasteiger partial charge < -0.3 is 9.84 Å². The molecule has 2 rings (SSSR count). The molecule has 0 bridgehead atoms. The molecule has 2 aromatic rings. The fourth-order valence-electron chi connectivity index (χ4n) is 3.09. The molecular formula is C19H15BrF6O3. The lowest BCUT2D eigenvalue weighted by atomic mass is 9.82. The summed E-state index contributed by atoms with van der Waals surface area (Å²) in [5.74, 6) is -5.01. The van der Waals surface area contributed by atoms with Gasteiger partial charge in [0.2, 0.25) is 0 Å². The Balaban J connectivity index is 2.32. The number of ether oxygens (including phenoxy) is 1. The molecule has 0 aliphatic rings. The molecular weight excluding hydrogens is 470 g/mol. The molecule has 0 saturated heterocycles. The lowest BCUT2D eigenvalue weighted by Crippen LogP contribution is -2.28. The van der Waals surface area contributed by atoms with E-state index in [1.165, 1.54) is 25.1 Å². The molecule has 2 unspecified atom stereocenters. The molecule has 0 fully saturated rings. The van der Waals surface area contributed by atoms with Crippen LogP contribution in [0.4, 0.5) is 26.3 Å². The predicted octanol–water partition coefficient (Wildman–Crippen LogP) is 6.57. The van der Waals surface area contributed by atoms with Crippen LogP contribution in [0.3, 0.4) is 0 Å². The summed E-state index contributed by atoms with van der Waals surface area (Å²) in [5.41, 5.74) is 0.0602. The molecule has 0 saturated carbocycles. The molecule has 2 aromatic carbocycles.